The van der Waals surface area contributed by atoms with Crippen LogP contribution < -0.4 is 31.4 Å². The summed E-state index contributed by atoms with van der Waals surface area (Å²) in [6.45, 7) is -0.241. The van der Waals surface area contributed by atoms with Crippen molar-refractivity contribution in [2.24, 2.45) is 0 Å². The number of ether oxygens (including phenoxy) is 5. The fraction of sp³-hybridized carbons (Fsp3) is 0.400. The van der Waals surface area contributed by atoms with Crippen molar-refractivity contribution in [2.45, 2.75) is 62.0 Å². The van der Waals surface area contributed by atoms with Crippen molar-refractivity contribution in [1.82, 2.24) is 20.2 Å². The number of hydrogen-bond donors (Lipinski definition) is 4. The maximum atomic E-state index is 13.2. The number of H-pyrrole nitrogens is 1. The SMILES string of the molecule is COc1ccc(C(OC[C@H]2O[C@@H](n3cc(C(=O)NCCCCCCNC(=O)C(F)(F)F)c(=O)[nH]c3=O)[C@H](OC)[C@@H]2O)(c2ccccc2)c2ccc(OC)cc2)cc1. The molecule has 2 amide bonds. The van der Waals surface area contributed by atoms with Gasteiger partial charge in [0.1, 0.15) is 41.0 Å². The number of methoxy groups -OCH3 is 3. The minimum atomic E-state index is -4.94. The zero-order valence-electron chi connectivity index (χ0n) is 31.5. The third-order valence-electron chi connectivity index (χ3n) is 9.64. The summed E-state index contributed by atoms with van der Waals surface area (Å²) in [7, 11) is 4.46. The highest BCUT2D eigenvalue weighted by atomic mass is 19.4. The fourth-order valence-corrected chi connectivity index (χ4v) is 6.66. The number of alkyl halides is 3. The summed E-state index contributed by atoms with van der Waals surface area (Å²) in [6, 6.07) is 24.2. The second-order valence-corrected chi connectivity index (χ2v) is 13.2. The lowest BCUT2D eigenvalue weighted by molar-refractivity contribution is -0.173. The third-order valence-corrected chi connectivity index (χ3v) is 9.64. The Hall–Kier alpha value is -5.49. The second-order valence-electron chi connectivity index (χ2n) is 13.2. The van der Waals surface area contributed by atoms with E-state index in [1.807, 2.05) is 78.9 Å². The highest BCUT2D eigenvalue weighted by Crippen LogP contribution is 2.43. The molecule has 57 heavy (non-hydrogen) atoms. The molecule has 17 heteroatoms. The van der Waals surface area contributed by atoms with Crippen LogP contribution in [0.15, 0.2) is 94.6 Å². The van der Waals surface area contributed by atoms with Gasteiger partial charge >= 0.3 is 17.8 Å². The van der Waals surface area contributed by atoms with Crippen molar-refractivity contribution in [1.29, 1.82) is 0 Å². The van der Waals surface area contributed by atoms with E-state index >= 15 is 0 Å². The molecule has 1 aromatic heterocycles. The second kappa shape index (κ2) is 19.1. The van der Waals surface area contributed by atoms with Crippen molar-refractivity contribution in [3.8, 4) is 11.5 Å². The number of aliphatic hydroxyl groups excluding tert-OH is 1. The number of carbonyl (C=O) groups is 2. The van der Waals surface area contributed by atoms with Gasteiger partial charge in [0.25, 0.3) is 11.5 Å². The molecule has 1 saturated heterocycles. The summed E-state index contributed by atoms with van der Waals surface area (Å²) < 4.78 is 67.5. The van der Waals surface area contributed by atoms with Crippen LogP contribution in [0.2, 0.25) is 0 Å². The smallest absolute Gasteiger partial charge is 0.471 e. The van der Waals surface area contributed by atoms with Crippen LogP contribution in [0.1, 0.15) is 59.0 Å². The molecule has 0 bridgehead atoms. The number of benzene rings is 3. The first-order chi connectivity index (χ1) is 27.3. The van der Waals surface area contributed by atoms with Crippen LogP contribution in [0.25, 0.3) is 0 Å². The Morgan fingerprint density at radius 1 is 0.807 bits per heavy atom. The molecule has 0 spiro atoms. The normalized spacial score (nSPS) is 18.2. The van der Waals surface area contributed by atoms with E-state index in [2.05, 4.69) is 10.3 Å². The van der Waals surface area contributed by atoms with Crippen LogP contribution in [-0.4, -0.2) is 92.0 Å². The van der Waals surface area contributed by atoms with Gasteiger partial charge in [-0.3, -0.25) is 23.9 Å². The van der Waals surface area contributed by atoms with E-state index in [-0.39, 0.29) is 19.7 Å². The van der Waals surface area contributed by atoms with Gasteiger partial charge < -0.3 is 39.4 Å². The van der Waals surface area contributed by atoms with Crippen LogP contribution in [0, 0.1) is 0 Å². The first kappa shape index (κ1) is 42.6. The number of unbranched alkanes of at least 4 members (excludes halogenated alkanes) is 3. The van der Waals surface area contributed by atoms with Crippen molar-refractivity contribution >= 4 is 11.8 Å². The lowest BCUT2D eigenvalue weighted by atomic mass is 9.80. The van der Waals surface area contributed by atoms with Gasteiger partial charge in [0.2, 0.25) is 0 Å². The molecule has 1 aliphatic rings. The molecule has 4 atom stereocenters. The van der Waals surface area contributed by atoms with E-state index in [4.69, 9.17) is 23.7 Å². The number of aromatic nitrogens is 2. The molecule has 14 nitrogen and oxygen atoms in total. The molecule has 0 saturated carbocycles. The van der Waals surface area contributed by atoms with E-state index in [0.717, 1.165) is 27.5 Å². The number of aromatic amines is 1. The van der Waals surface area contributed by atoms with Gasteiger partial charge in [0, 0.05) is 26.4 Å². The van der Waals surface area contributed by atoms with Crippen LogP contribution in [-0.2, 0) is 24.6 Å². The Balaban J connectivity index is 1.33. The third kappa shape index (κ3) is 9.91. The molecule has 5 rings (SSSR count). The van der Waals surface area contributed by atoms with Gasteiger partial charge in [-0.1, -0.05) is 67.4 Å². The molecule has 4 N–H and O–H groups in total. The molecule has 0 radical (unpaired) electrons. The van der Waals surface area contributed by atoms with Crippen molar-refractivity contribution in [3.63, 3.8) is 0 Å². The van der Waals surface area contributed by atoms with Crippen molar-refractivity contribution < 1.29 is 51.6 Å². The summed E-state index contributed by atoms with van der Waals surface area (Å²) in [6.07, 6.45) is -7.00. The minimum Gasteiger partial charge on any atom is -0.497 e. The highest BCUT2D eigenvalue weighted by Gasteiger charge is 2.48. The van der Waals surface area contributed by atoms with Crippen LogP contribution >= 0.6 is 0 Å². The Morgan fingerprint density at radius 3 is 1.88 bits per heavy atom. The number of rotatable bonds is 18. The fourth-order valence-electron chi connectivity index (χ4n) is 6.66. The quantitative estimate of drug-likeness (QED) is 0.0855. The number of halogens is 3. The van der Waals surface area contributed by atoms with E-state index in [0.29, 0.717) is 37.2 Å². The monoisotopic (exact) mass is 798 g/mol. The zero-order chi connectivity index (χ0) is 41.2. The Labute approximate surface area is 325 Å². The largest absolute Gasteiger partial charge is 0.497 e. The van der Waals surface area contributed by atoms with Crippen molar-refractivity contribution in [2.75, 3.05) is 41.0 Å². The molecular weight excluding hydrogens is 753 g/mol. The molecule has 3 aromatic carbocycles. The molecule has 0 aliphatic carbocycles. The van der Waals surface area contributed by atoms with E-state index < -0.39 is 64.9 Å². The number of nitrogens with zero attached hydrogens (tertiary/aromatic N) is 1. The average molecular weight is 799 g/mol. The topological polar surface area (TPSA) is 179 Å². The van der Waals surface area contributed by atoms with Gasteiger partial charge in [-0.25, -0.2) is 4.79 Å². The number of nitrogens with one attached hydrogen (secondary N) is 3. The van der Waals surface area contributed by atoms with Gasteiger partial charge in [-0.15, -0.1) is 0 Å². The molecule has 0 unspecified atom stereocenters. The van der Waals surface area contributed by atoms with Gasteiger partial charge in [-0.05, 0) is 53.8 Å². The van der Waals surface area contributed by atoms with Crippen LogP contribution in [0.4, 0.5) is 13.2 Å². The summed E-state index contributed by atoms with van der Waals surface area (Å²) in [4.78, 5) is 52.0. The number of amides is 2. The predicted molar refractivity (Wildman–Crippen MR) is 200 cm³/mol. The summed E-state index contributed by atoms with van der Waals surface area (Å²) in [5.74, 6) is -1.53. The zero-order valence-corrected chi connectivity index (χ0v) is 31.5. The first-order valence-corrected chi connectivity index (χ1v) is 18.2. The van der Waals surface area contributed by atoms with Crippen LogP contribution in [0.5, 0.6) is 11.5 Å². The van der Waals surface area contributed by atoms with Gasteiger partial charge in [-0.2, -0.15) is 13.2 Å². The van der Waals surface area contributed by atoms with Crippen molar-refractivity contribution in [3.05, 3.63) is 128 Å². The van der Waals surface area contributed by atoms with Gasteiger partial charge in [0.05, 0.1) is 20.8 Å². The number of hydrogen-bond acceptors (Lipinski definition) is 10. The maximum Gasteiger partial charge on any atom is 0.471 e. The summed E-state index contributed by atoms with van der Waals surface area (Å²) in [5.41, 5.74) is -1.30. The lowest BCUT2D eigenvalue weighted by Crippen LogP contribution is -2.42. The molecule has 2 heterocycles. The maximum absolute atomic E-state index is 13.2. The molecule has 1 aliphatic heterocycles. The van der Waals surface area contributed by atoms with E-state index in [1.54, 1.807) is 19.5 Å². The first-order valence-electron chi connectivity index (χ1n) is 18.2. The molecule has 1 fully saturated rings. The Kier molecular flexibility index (Phi) is 14.3. The predicted octanol–water partition coefficient (Wildman–Crippen LogP) is 3.80. The summed E-state index contributed by atoms with van der Waals surface area (Å²) >= 11 is 0. The molecule has 4 aromatic rings. The number of carbonyl (C=O) groups excluding carboxylic acids is 2. The minimum absolute atomic E-state index is 0.122. The van der Waals surface area contributed by atoms with E-state index in [1.165, 1.54) is 7.11 Å². The molecular formula is C40H45F3N4O10. The van der Waals surface area contributed by atoms with Gasteiger partial charge in [0.15, 0.2) is 6.23 Å². The summed E-state index contributed by atoms with van der Waals surface area (Å²) in [5, 5.41) is 15.9. The Bertz CT molecular complexity index is 2010. The lowest BCUT2D eigenvalue weighted by Gasteiger charge is -2.37. The number of aliphatic hydroxyl groups is 1. The average Bonchev–Trinajstić information content (AvgIpc) is 3.53. The Morgan fingerprint density at radius 2 is 1.35 bits per heavy atom. The van der Waals surface area contributed by atoms with Crippen LogP contribution in [0.3, 0.4) is 0 Å². The highest BCUT2D eigenvalue weighted by molar-refractivity contribution is 5.93. The molecule has 306 valence electrons. The standard InChI is InChI=1S/C40H45F3N4O10/c1-53-28-17-13-26(14-18-28)39(25-11-7-6-8-12-25,27-15-19-29(54-2)20-16-27)56-24-31-32(48)33(55-3)36(57-31)47-23-30(35(50)46-38(47)52)34(49)44-21-9-4-5-10-22-45-37(51)40(41,42)43/h6-8,11-20,23,31-33,36,48H,4-5,9-10,21-22,24H2,1-3H3,(H,44,49)(H,45,51)(H,46,50,52)/t31-,32-,33-,36-/m1/s1. The van der Waals surface area contributed by atoms with E-state index in [9.17, 15) is 37.5 Å².